The number of aliphatic hydroxyl groups excluding tert-OH is 1. The first-order valence-electron chi connectivity index (χ1n) is 13.3. The van der Waals surface area contributed by atoms with Gasteiger partial charge in [0.1, 0.15) is 17.1 Å². The standard InChI is InChI=1S/C31H33N3O6/c1-18(2)12-15-40-23-11-10-21(16-24(23)38-5)27-25(29(36)31(37)34(27)17-22-9-7-14-39-22)28(35)26-20(4)33-13-6-8-19(3)30(33)32-26/h6-11,13-14,16,18,27,35H,12,15,17H2,1-5H3/b28-25+. The Labute approximate surface area is 232 Å². The lowest BCUT2D eigenvalue weighted by Gasteiger charge is -2.25. The van der Waals surface area contributed by atoms with Gasteiger partial charge in [-0.25, -0.2) is 4.98 Å². The van der Waals surface area contributed by atoms with E-state index in [1.165, 1.54) is 18.3 Å². The van der Waals surface area contributed by atoms with E-state index in [-0.39, 0.29) is 23.6 Å². The number of amides is 1. The van der Waals surface area contributed by atoms with Gasteiger partial charge in [-0.05, 0) is 67.6 Å². The van der Waals surface area contributed by atoms with Crippen LogP contribution in [0.15, 0.2) is 64.9 Å². The number of carbonyl (C=O) groups is 2. The molecule has 5 rings (SSSR count). The van der Waals surface area contributed by atoms with Gasteiger partial charge in [-0.15, -0.1) is 0 Å². The molecule has 4 aromatic rings. The van der Waals surface area contributed by atoms with Crippen LogP contribution in [0.1, 0.15) is 54.6 Å². The SMILES string of the molecule is COc1cc(C2/C(=C(\O)c3nc4c(C)cccn4c3C)C(=O)C(=O)N2Cc2ccco2)ccc1OCCC(C)C. The highest BCUT2D eigenvalue weighted by atomic mass is 16.5. The molecule has 1 unspecified atom stereocenters. The molecule has 1 amide bonds. The summed E-state index contributed by atoms with van der Waals surface area (Å²) in [5.41, 5.74) is 3.01. The van der Waals surface area contributed by atoms with Crippen molar-refractivity contribution < 1.29 is 28.6 Å². The molecule has 1 fully saturated rings. The summed E-state index contributed by atoms with van der Waals surface area (Å²) in [5, 5.41) is 11.6. The highest BCUT2D eigenvalue weighted by Gasteiger charge is 2.47. The molecular weight excluding hydrogens is 510 g/mol. The van der Waals surface area contributed by atoms with E-state index < -0.39 is 17.7 Å². The van der Waals surface area contributed by atoms with Crippen molar-refractivity contribution in [3.8, 4) is 11.5 Å². The zero-order chi connectivity index (χ0) is 28.6. The normalized spacial score (nSPS) is 16.9. The number of furan rings is 1. The van der Waals surface area contributed by atoms with Crippen LogP contribution in [0.2, 0.25) is 0 Å². The second-order valence-corrected chi connectivity index (χ2v) is 10.4. The first-order chi connectivity index (χ1) is 19.2. The third-order valence-corrected chi connectivity index (χ3v) is 7.21. The Morgan fingerprint density at radius 2 is 1.93 bits per heavy atom. The molecule has 0 saturated carbocycles. The number of fused-ring (bicyclic) bond motifs is 1. The Balaban J connectivity index is 1.64. The van der Waals surface area contributed by atoms with Gasteiger partial charge in [0, 0.05) is 6.20 Å². The molecule has 0 radical (unpaired) electrons. The van der Waals surface area contributed by atoms with E-state index in [9.17, 15) is 14.7 Å². The first kappa shape index (κ1) is 27.1. The second kappa shape index (κ2) is 10.9. The van der Waals surface area contributed by atoms with Gasteiger partial charge in [-0.2, -0.15) is 0 Å². The lowest BCUT2D eigenvalue weighted by atomic mass is 9.96. The number of methoxy groups -OCH3 is 1. The van der Waals surface area contributed by atoms with Crippen LogP contribution in [-0.4, -0.2) is 44.8 Å². The number of aliphatic hydroxyl groups is 1. The van der Waals surface area contributed by atoms with Crippen molar-refractivity contribution in [1.29, 1.82) is 0 Å². The maximum Gasteiger partial charge on any atom is 0.296 e. The molecule has 0 bridgehead atoms. The van der Waals surface area contributed by atoms with E-state index >= 15 is 0 Å². The number of ether oxygens (including phenoxy) is 2. The van der Waals surface area contributed by atoms with Crippen LogP contribution in [0.5, 0.6) is 11.5 Å². The Kier molecular flexibility index (Phi) is 7.38. The summed E-state index contributed by atoms with van der Waals surface area (Å²) in [7, 11) is 1.54. The summed E-state index contributed by atoms with van der Waals surface area (Å²) in [6.07, 6.45) is 4.24. The number of aromatic nitrogens is 2. The van der Waals surface area contributed by atoms with Crippen molar-refractivity contribution in [2.24, 2.45) is 5.92 Å². The molecular formula is C31H33N3O6. The first-order valence-corrected chi connectivity index (χ1v) is 13.3. The van der Waals surface area contributed by atoms with Gasteiger partial charge in [0.15, 0.2) is 17.3 Å². The van der Waals surface area contributed by atoms with E-state index in [1.807, 2.05) is 36.6 Å². The predicted molar refractivity (Wildman–Crippen MR) is 149 cm³/mol. The van der Waals surface area contributed by atoms with Crippen molar-refractivity contribution in [3.63, 3.8) is 0 Å². The number of carbonyl (C=O) groups excluding carboxylic acids is 2. The largest absolute Gasteiger partial charge is 0.505 e. The molecule has 9 heteroatoms. The van der Waals surface area contributed by atoms with Gasteiger partial charge in [-0.3, -0.25) is 9.59 Å². The maximum absolute atomic E-state index is 13.5. The van der Waals surface area contributed by atoms with E-state index in [4.69, 9.17) is 13.9 Å². The fourth-order valence-corrected chi connectivity index (χ4v) is 5.01. The third kappa shape index (κ3) is 4.83. The smallest absolute Gasteiger partial charge is 0.296 e. The van der Waals surface area contributed by atoms with Gasteiger partial charge in [0.2, 0.25) is 0 Å². The van der Waals surface area contributed by atoms with Crippen LogP contribution in [0.3, 0.4) is 0 Å². The zero-order valence-electron chi connectivity index (χ0n) is 23.3. The fourth-order valence-electron chi connectivity index (χ4n) is 5.01. The lowest BCUT2D eigenvalue weighted by molar-refractivity contribution is -0.140. The Bertz CT molecular complexity index is 1600. The van der Waals surface area contributed by atoms with Crippen LogP contribution in [0, 0.1) is 19.8 Å². The van der Waals surface area contributed by atoms with Crippen LogP contribution < -0.4 is 9.47 Å². The Morgan fingerprint density at radius 3 is 2.60 bits per heavy atom. The van der Waals surface area contributed by atoms with Crippen molar-refractivity contribution in [2.75, 3.05) is 13.7 Å². The number of imidazole rings is 1. The molecule has 0 spiro atoms. The molecule has 40 heavy (non-hydrogen) atoms. The van der Waals surface area contributed by atoms with E-state index in [0.717, 1.165) is 12.0 Å². The number of hydrogen-bond donors (Lipinski definition) is 1. The van der Waals surface area contributed by atoms with Crippen LogP contribution >= 0.6 is 0 Å². The minimum atomic E-state index is -0.908. The molecule has 1 atom stereocenters. The number of rotatable bonds is 9. The molecule has 1 aliphatic rings. The number of likely N-dealkylation sites (tertiary alicyclic amines) is 1. The molecule has 1 aliphatic heterocycles. The molecule has 1 saturated heterocycles. The van der Waals surface area contributed by atoms with Crippen molar-refractivity contribution >= 4 is 23.1 Å². The van der Waals surface area contributed by atoms with Gasteiger partial charge >= 0.3 is 0 Å². The van der Waals surface area contributed by atoms with E-state index in [0.29, 0.717) is 46.7 Å². The molecule has 208 valence electrons. The number of nitrogens with zero attached hydrogens (tertiary/aromatic N) is 3. The van der Waals surface area contributed by atoms with Crippen molar-refractivity contribution in [2.45, 2.75) is 46.7 Å². The molecule has 1 N–H and O–H groups in total. The Morgan fingerprint density at radius 1 is 1.12 bits per heavy atom. The molecule has 0 aliphatic carbocycles. The monoisotopic (exact) mass is 543 g/mol. The predicted octanol–water partition coefficient (Wildman–Crippen LogP) is 5.60. The number of pyridine rings is 1. The molecule has 1 aromatic carbocycles. The lowest BCUT2D eigenvalue weighted by Crippen LogP contribution is -2.29. The fraction of sp³-hybridized carbons (Fsp3) is 0.323. The minimum absolute atomic E-state index is 0.0389. The average molecular weight is 544 g/mol. The molecule has 9 nitrogen and oxygen atoms in total. The van der Waals surface area contributed by atoms with Crippen LogP contribution in [0.25, 0.3) is 11.4 Å². The number of ketones is 1. The number of Topliss-reactive ketones (excluding diaryl/α,β-unsaturated/α-hetero) is 1. The average Bonchev–Trinajstić information content (AvgIpc) is 3.63. The topological polar surface area (TPSA) is 107 Å². The van der Waals surface area contributed by atoms with Crippen molar-refractivity contribution in [3.05, 3.63) is 88.8 Å². The summed E-state index contributed by atoms with van der Waals surface area (Å²) in [4.78, 5) is 33.0. The highest BCUT2D eigenvalue weighted by molar-refractivity contribution is 6.46. The summed E-state index contributed by atoms with van der Waals surface area (Å²) in [5.74, 6) is 0.147. The second-order valence-electron chi connectivity index (χ2n) is 10.4. The molecule has 4 heterocycles. The quantitative estimate of drug-likeness (QED) is 0.166. The van der Waals surface area contributed by atoms with Crippen LogP contribution in [0.4, 0.5) is 0 Å². The van der Waals surface area contributed by atoms with Gasteiger partial charge in [-0.1, -0.05) is 26.0 Å². The minimum Gasteiger partial charge on any atom is -0.505 e. The van der Waals surface area contributed by atoms with E-state index in [2.05, 4.69) is 18.8 Å². The number of benzene rings is 1. The highest BCUT2D eigenvalue weighted by Crippen LogP contribution is 2.43. The van der Waals surface area contributed by atoms with Crippen molar-refractivity contribution in [1.82, 2.24) is 14.3 Å². The summed E-state index contributed by atoms with van der Waals surface area (Å²) >= 11 is 0. The van der Waals surface area contributed by atoms with Gasteiger partial charge in [0.25, 0.3) is 11.7 Å². The van der Waals surface area contributed by atoms with Gasteiger partial charge in [0.05, 0.1) is 43.8 Å². The van der Waals surface area contributed by atoms with Gasteiger partial charge < -0.3 is 28.3 Å². The number of aryl methyl sites for hydroxylation is 2. The number of hydrogen-bond acceptors (Lipinski definition) is 7. The Hall–Kier alpha value is -4.53. The summed E-state index contributed by atoms with van der Waals surface area (Å²) in [6.45, 7) is 8.55. The van der Waals surface area contributed by atoms with E-state index in [1.54, 1.807) is 30.3 Å². The zero-order valence-corrected chi connectivity index (χ0v) is 23.3. The molecule has 3 aromatic heterocycles. The summed E-state index contributed by atoms with van der Waals surface area (Å²) in [6, 6.07) is 11.6. The maximum atomic E-state index is 13.5. The third-order valence-electron chi connectivity index (χ3n) is 7.21. The van der Waals surface area contributed by atoms with Crippen LogP contribution in [-0.2, 0) is 16.1 Å². The summed E-state index contributed by atoms with van der Waals surface area (Å²) < 4.78 is 18.9.